The lowest BCUT2D eigenvalue weighted by atomic mass is 10.3. The normalized spacial score (nSPS) is 31.9. The number of nitriles is 1. The third-order valence-electron chi connectivity index (χ3n) is 1.29. The number of hydrogen-bond acceptors (Lipinski definition) is 3. The highest BCUT2D eigenvalue weighted by molar-refractivity contribution is 8.00. The van der Waals surface area contributed by atoms with Crippen molar-refractivity contribution in [3.63, 3.8) is 0 Å². The third-order valence-corrected chi connectivity index (χ3v) is 2.63. The lowest BCUT2D eigenvalue weighted by Crippen LogP contribution is -2.35. The largest absolute Gasteiger partial charge is 0.287 e. The molecule has 0 aromatic carbocycles. The Morgan fingerprint density at radius 1 is 1.78 bits per heavy atom. The van der Waals surface area contributed by atoms with E-state index in [1.165, 1.54) is 0 Å². The molecule has 0 spiro atoms. The summed E-state index contributed by atoms with van der Waals surface area (Å²) >= 11 is 1.80. The molecule has 9 heavy (non-hydrogen) atoms. The molecule has 1 N–H and O–H groups in total. The summed E-state index contributed by atoms with van der Waals surface area (Å²) in [5.74, 6) is 0.920. The quantitative estimate of drug-likeness (QED) is 0.547. The summed E-state index contributed by atoms with van der Waals surface area (Å²) in [6, 6.07) is 2.25. The zero-order valence-corrected chi connectivity index (χ0v) is 6.46. The predicted molar refractivity (Wildman–Crippen MR) is 39.1 cm³/mol. The van der Waals surface area contributed by atoms with Crippen LogP contribution in [-0.2, 0) is 0 Å². The predicted octanol–water partition coefficient (Wildman–Crippen LogP) is 0.951. The van der Waals surface area contributed by atoms with Crippen LogP contribution in [0, 0.1) is 11.3 Å². The van der Waals surface area contributed by atoms with E-state index in [1.807, 2.05) is 0 Å². The molecule has 0 aliphatic carbocycles. The minimum absolute atomic E-state index is 0.0602. The molecule has 0 aromatic heterocycles. The number of nitrogens with zero attached hydrogens (tertiary/aromatic N) is 1. The molecule has 1 aliphatic rings. The highest BCUT2D eigenvalue weighted by atomic mass is 32.2. The smallest absolute Gasteiger partial charge is 0.105 e. The molecule has 0 bridgehead atoms. The molecule has 0 aromatic rings. The van der Waals surface area contributed by atoms with Gasteiger partial charge in [0, 0.05) is 5.75 Å². The fourth-order valence-electron chi connectivity index (χ4n) is 0.864. The van der Waals surface area contributed by atoms with Crippen molar-refractivity contribution in [1.82, 2.24) is 5.32 Å². The monoisotopic (exact) mass is 142 g/mol. The molecule has 1 rings (SSSR count). The molecular formula is C6H10N2S. The Balaban J connectivity index is 2.50. The highest BCUT2D eigenvalue weighted by Gasteiger charge is 2.29. The molecular weight excluding hydrogens is 132 g/mol. The van der Waals surface area contributed by atoms with Gasteiger partial charge in [-0.1, -0.05) is 0 Å². The van der Waals surface area contributed by atoms with Gasteiger partial charge in [-0.05, 0) is 13.8 Å². The molecule has 1 atom stereocenters. The van der Waals surface area contributed by atoms with Gasteiger partial charge in [0.05, 0.1) is 10.9 Å². The van der Waals surface area contributed by atoms with E-state index < -0.39 is 0 Å². The van der Waals surface area contributed by atoms with Gasteiger partial charge in [-0.3, -0.25) is 5.32 Å². The summed E-state index contributed by atoms with van der Waals surface area (Å²) < 4.78 is 0. The van der Waals surface area contributed by atoms with Gasteiger partial charge in [0.15, 0.2) is 0 Å². The average molecular weight is 142 g/mol. The summed E-state index contributed by atoms with van der Waals surface area (Å²) in [5, 5.41) is 11.7. The highest BCUT2D eigenvalue weighted by Crippen LogP contribution is 2.28. The van der Waals surface area contributed by atoms with E-state index in [0.717, 1.165) is 5.75 Å². The van der Waals surface area contributed by atoms with E-state index in [0.29, 0.717) is 0 Å². The molecule has 0 radical (unpaired) electrons. The van der Waals surface area contributed by atoms with Crippen LogP contribution < -0.4 is 5.32 Å². The van der Waals surface area contributed by atoms with Crippen molar-refractivity contribution in [2.75, 3.05) is 5.75 Å². The summed E-state index contributed by atoms with van der Waals surface area (Å²) in [5.41, 5.74) is 0. The van der Waals surface area contributed by atoms with Gasteiger partial charge >= 0.3 is 0 Å². The Morgan fingerprint density at radius 2 is 2.44 bits per heavy atom. The number of hydrogen-bond donors (Lipinski definition) is 1. The third kappa shape index (κ3) is 1.60. The van der Waals surface area contributed by atoms with Crippen molar-refractivity contribution in [3.8, 4) is 6.07 Å². The second kappa shape index (κ2) is 2.20. The topological polar surface area (TPSA) is 35.8 Å². The van der Waals surface area contributed by atoms with Gasteiger partial charge in [-0.25, -0.2) is 0 Å². The SMILES string of the molecule is CC1(C)NC(C#N)CS1. The molecule has 1 saturated heterocycles. The maximum atomic E-state index is 8.47. The van der Waals surface area contributed by atoms with E-state index in [2.05, 4.69) is 25.2 Å². The van der Waals surface area contributed by atoms with Crippen LogP contribution in [0.2, 0.25) is 0 Å². The Morgan fingerprint density at radius 3 is 2.67 bits per heavy atom. The number of nitrogens with one attached hydrogen (secondary N) is 1. The van der Waals surface area contributed by atoms with Crippen molar-refractivity contribution >= 4 is 11.8 Å². The first-order valence-electron chi connectivity index (χ1n) is 2.95. The van der Waals surface area contributed by atoms with Crippen LogP contribution >= 0.6 is 11.8 Å². The summed E-state index contributed by atoms with van der Waals surface area (Å²) in [7, 11) is 0. The molecule has 1 aliphatic heterocycles. The molecule has 50 valence electrons. The Bertz CT molecular complexity index is 148. The van der Waals surface area contributed by atoms with Crippen LogP contribution in [0.15, 0.2) is 0 Å². The number of thioether (sulfide) groups is 1. The van der Waals surface area contributed by atoms with Crippen LogP contribution in [0.5, 0.6) is 0 Å². The van der Waals surface area contributed by atoms with Gasteiger partial charge in [0.2, 0.25) is 0 Å². The molecule has 1 heterocycles. The van der Waals surface area contributed by atoms with E-state index >= 15 is 0 Å². The van der Waals surface area contributed by atoms with Crippen molar-refractivity contribution in [2.45, 2.75) is 24.8 Å². The molecule has 2 nitrogen and oxygen atoms in total. The first-order valence-corrected chi connectivity index (χ1v) is 3.94. The van der Waals surface area contributed by atoms with Crippen molar-refractivity contribution < 1.29 is 0 Å². The molecule has 0 saturated carbocycles. The fraction of sp³-hybridized carbons (Fsp3) is 0.833. The molecule has 1 unspecified atom stereocenters. The van der Waals surface area contributed by atoms with E-state index in [4.69, 9.17) is 5.26 Å². The minimum atomic E-state index is 0.0602. The second-order valence-electron chi connectivity index (χ2n) is 2.65. The maximum Gasteiger partial charge on any atom is 0.105 e. The van der Waals surface area contributed by atoms with Crippen molar-refractivity contribution in [3.05, 3.63) is 0 Å². The summed E-state index contributed by atoms with van der Waals surface area (Å²) in [4.78, 5) is 0.112. The standard InChI is InChI=1S/C6H10N2S/c1-6(2)8-5(3-7)4-9-6/h5,8H,4H2,1-2H3. The molecule has 0 amide bonds. The fourth-order valence-corrected chi connectivity index (χ4v) is 1.83. The first kappa shape index (κ1) is 6.91. The Labute approximate surface area is 59.6 Å². The summed E-state index contributed by atoms with van der Waals surface area (Å²) in [6.45, 7) is 4.18. The van der Waals surface area contributed by atoms with Crippen LogP contribution in [0.25, 0.3) is 0 Å². The zero-order valence-electron chi connectivity index (χ0n) is 5.64. The lowest BCUT2D eigenvalue weighted by molar-refractivity contribution is 0.548. The van der Waals surface area contributed by atoms with Gasteiger partial charge in [0.25, 0.3) is 0 Å². The van der Waals surface area contributed by atoms with E-state index in [-0.39, 0.29) is 10.9 Å². The van der Waals surface area contributed by atoms with Crippen LogP contribution in [-0.4, -0.2) is 16.7 Å². The van der Waals surface area contributed by atoms with Gasteiger partial charge in [0.1, 0.15) is 6.04 Å². The van der Waals surface area contributed by atoms with Gasteiger partial charge in [-0.2, -0.15) is 5.26 Å². The molecule has 3 heteroatoms. The minimum Gasteiger partial charge on any atom is -0.287 e. The van der Waals surface area contributed by atoms with E-state index in [9.17, 15) is 0 Å². The Hall–Kier alpha value is -0.200. The summed E-state index contributed by atoms with van der Waals surface area (Å²) in [6.07, 6.45) is 0. The van der Waals surface area contributed by atoms with Crippen molar-refractivity contribution in [2.24, 2.45) is 0 Å². The molecule has 1 fully saturated rings. The maximum absolute atomic E-state index is 8.47. The second-order valence-corrected chi connectivity index (χ2v) is 4.29. The van der Waals surface area contributed by atoms with Gasteiger partial charge in [-0.15, -0.1) is 11.8 Å². The van der Waals surface area contributed by atoms with Crippen LogP contribution in [0.3, 0.4) is 0 Å². The number of rotatable bonds is 0. The zero-order chi connectivity index (χ0) is 6.91. The first-order chi connectivity index (χ1) is 4.14. The van der Waals surface area contributed by atoms with Crippen LogP contribution in [0.4, 0.5) is 0 Å². The van der Waals surface area contributed by atoms with Crippen LogP contribution in [0.1, 0.15) is 13.8 Å². The van der Waals surface area contributed by atoms with Crippen molar-refractivity contribution in [1.29, 1.82) is 5.26 Å². The van der Waals surface area contributed by atoms with Gasteiger partial charge < -0.3 is 0 Å². The average Bonchev–Trinajstić information content (AvgIpc) is 2.10. The lowest BCUT2D eigenvalue weighted by Gasteiger charge is -2.15. The Kier molecular flexibility index (Phi) is 1.69. The van der Waals surface area contributed by atoms with E-state index in [1.54, 1.807) is 11.8 Å².